The fourth-order valence-corrected chi connectivity index (χ4v) is 1.97. The van der Waals surface area contributed by atoms with Crippen molar-refractivity contribution in [2.45, 2.75) is 6.61 Å². The van der Waals surface area contributed by atoms with Crippen LogP contribution in [0, 0.1) is 0 Å². The van der Waals surface area contributed by atoms with Gasteiger partial charge in [-0.2, -0.15) is 20.1 Å². The summed E-state index contributed by atoms with van der Waals surface area (Å²) in [5.41, 5.74) is 6.61. The molecule has 23 heavy (non-hydrogen) atoms. The van der Waals surface area contributed by atoms with Crippen LogP contribution in [0.25, 0.3) is 5.69 Å². The number of hydrogen-bond acceptors (Lipinski definition) is 7. The predicted molar refractivity (Wildman–Crippen MR) is 86.5 cm³/mol. The molecule has 0 saturated carbocycles. The average Bonchev–Trinajstić information content (AvgIpc) is 3.07. The molecular weight excluding hydrogens is 294 g/mol. The van der Waals surface area contributed by atoms with E-state index in [1.165, 1.54) is 0 Å². The summed E-state index contributed by atoms with van der Waals surface area (Å²) < 4.78 is 7.51. The average molecular weight is 311 g/mol. The Balaban J connectivity index is 1.75. The molecule has 1 aromatic carbocycles. The summed E-state index contributed by atoms with van der Waals surface area (Å²) >= 11 is 0. The fraction of sp³-hybridized carbons (Fsp3) is 0.200. The molecule has 0 radical (unpaired) electrons. The van der Waals surface area contributed by atoms with Crippen LogP contribution < -0.4 is 15.4 Å². The van der Waals surface area contributed by atoms with Crippen LogP contribution in [0.3, 0.4) is 0 Å². The highest BCUT2D eigenvalue weighted by Crippen LogP contribution is 2.17. The van der Waals surface area contributed by atoms with Crippen molar-refractivity contribution in [2.24, 2.45) is 0 Å². The van der Waals surface area contributed by atoms with Crippen LogP contribution in [0.15, 0.2) is 42.7 Å². The van der Waals surface area contributed by atoms with E-state index >= 15 is 0 Å². The molecule has 0 unspecified atom stereocenters. The number of ether oxygens (including phenoxy) is 1. The molecule has 2 heterocycles. The third-order valence-electron chi connectivity index (χ3n) is 3.04. The van der Waals surface area contributed by atoms with Gasteiger partial charge in [0.05, 0.1) is 5.69 Å². The number of anilines is 2. The van der Waals surface area contributed by atoms with E-state index in [0.29, 0.717) is 17.5 Å². The predicted octanol–water partition coefficient (Wildman–Crippen LogP) is 1.28. The van der Waals surface area contributed by atoms with Crippen LogP contribution in [-0.4, -0.2) is 38.8 Å². The van der Waals surface area contributed by atoms with Crippen molar-refractivity contribution in [1.29, 1.82) is 0 Å². The highest BCUT2D eigenvalue weighted by Gasteiger charge is 2.07. The van der Waals surface area contributed by atoms with Gasteiger partial charge in [-0.05, 0) is 18.2 Å². The van der Waals surface area contributed by atoms with Gasteiger partial charge in [0.15, 0.2) is 5.82 Å². The molecule has 3 rings (SSSR count). The maximum absolute atomic E-state index is 5.75. The highest BCUT2D eigenvalue weighted by molar-refractivity contribution is 5.38. The fourth-order valence-electron chi connectivity index (χ4n) is 1.97. The summed E-state index contributed by atoms with van der Waals surface area (Å²) in [4.78, 5) is 14.2. The minimum Gasteiger partial charge on any atom is -0.486 e. The minimum atomic E-state index is 0.174. The van der Waals surface area contributed by atoms with Crippen molar-refractivity contribution in [3.63, 3.8) is 0 Å². The molecule has 0 bridgehead atoms. The van der Waals surface area contributed by atoms with E-state index in [4.69, 9.17) is 10.5 Å². The molecule has 118 valence electrons. The number of hydrogen-bond donors (Lipinski definition) is 1. The Morgan fingerprint density at radius 1 is 1.17 bits per heavy atom. The van der Waals surface area contributed by atoms with Gasteiger partial charge in [0.1, 0.15) is 12.4 Å². The second-order valence-corrected chi connectivity index (χ2v) is 5.04. The lowest BCUT2D eigenvalue weighted by Gasteiger charge is -2.12. The first kappa shape index (κ1) is 14.8. The Morgan fingerprint density at radius 2 is 2.04 bits per heavy atom. The van der Waals surface area contributed by atoms with Gasteiger partial charge in [-0.15, -0.1) is 0 Å². The molecule has 0 aliphatic carbocycles. The lowest BCUT2D eigenvalue weighted by molar-refractivity contribution is 0.295. The monoisotopic (exact) mass is 311 g/mol. The molecule has 8 nitrogen and oxygen atoms in total. The zero-order chi connectivity index (χ0) is 16.2. The molecule has 0 amide bonds. The van der Waals surface area contributed by atoms with Gasteiger partial charge in [-0.25, -0.2) is 4.68 Å². The number of benzene rings is 1. The summed E-state index contributed by atoms with van der Waals surface area (Å²) in [6.45, 7) is 0.204. The van der Waals surface area contributed by atoms with Crippen molar-refractivity contribution in [3.05, 3.63) is 48.5 Å². The third kappa shape index (κ3) is 3.54. The van der Waals surface area contributed by atoms with E-state index in [1.807, 2.05) is 50.6 Å². The summed E-state index contributed by atoms with van der Waals surface area (Å²) in [5.74, 6) is 1.85. The topological polar surface area (TPSA) is 95.0 Å². The molecule has 0 saturated heterocycles. The molecule has 0 spiro atoms. The maximum atomic E-state index is 5.75. The Bertz CT molecular complexity index is 786. The van der Waals surface area contributed by atoms with E-state index in [0.717, 1.165) is 5.69 Å². The van der Waals surface area contributed by atoms with Gasteiger partial charge in [-0.1, -0.05) is 6.07 Å². The van der Waals surface area contributed by atoms with Gasteiger partial charge < -0.3 is 15.4 Å². The maximum Gasteiger partial charge on any atom is 0.230 e. The van der Waals surface area contributed by atoms with Crippen molar-refractivity contribution in [3.8, 4) is 11.4 Å². The van der Waals surface area contributed by atoms with Crippen LogP contribution in [-0.2, 0) is 6.61 Å². The summed E-state index contributed by atoms with van der Waals surface area (Å²) in [5, 5.41) is 4.19. The van der Waals surface area contributed by atoms with Gasteiger partial charge in [0.2, 0.25) is 11.9 Å². The molecule has 2 aromatic heterocycles. The SMILES string of the molecule is CN(C)c1nc(N)nc(COc2cccc(-n3cccn3)c2)n1. The van der Waals surface area contributed by atoms with Crippen LogP contribution in [0.4, 0.5) is 11.9 Å². The molecule has 0 fully saturated rings. The van der Waals surface area contributed by atoms with Crippen LogP contribution in [0.1, 0.15) is 5.82 Å². The van der Waals surface area contributed by atoms with E-state index < -0.39 is 0 Å². The first-order chi connectivity index (χ1) is 11.1. The molecule has 0 atom stereocenters. The summed E-state index contributed by atoms with van der Waals surface area (Å²) in [6, 6.07) is 9.48. The number of nitrogens with two attached hydrogens (primary N) is 1. The largest absolute Gasteiger partial charge is 0.486 e. The van der Waals surface area contributed by atoms with Crippen LogP contribution in [0.2, 0.25) is 0 Å². The number of nitrogen functional groups attached to an aromatic ring is 1. The van der Waals surface area contributed by atoms with Crippen molar-refractivity contribution in [1.82, 2.24) is 24.7 Å². The lowest BCUT2D eigenvalue weighted by atomic mass is 10.3. The Labute approximate surface area is 133 Å². The van der Waals surface area contributed by atoms with Crippen molar-refractivity contribution in [2.75, 3.05) is 24.7 Å². The lowest BCUT2D eigenvalue weighted by Crippen LogP contribution is -2.16. The summed E-state index contributed by atoms with van der Waals surface area (Å²) in [6.07, 6.45) is 3.60. The molecule has 0 aliphatic heterocycles. The van der Waals surface area contributed by atoms with Gasteiger partial charge in [0, 0.05) is 32.6 Å². The Hall–Kier alpha value is -3.16. The number of rotatable bonds is 5. The van der Waals surface area contributed by atoms with E-state index in [9.17, 15) is 0 Å². The highest BCUT2D eigenvalue weighted by atomic mass is 16.5. The second-order valence-electron chi connectivity index (χ2n) is 5.04. The quantitative estimate of drug-likeness (QED) is 0.758. The third-order valence-corrected chi connectivity index (χ3v) is 3.04. The van der Waals surface area contributed by atoms with Gasteiger partial charge in [0.25, 0.3) is 0 Å². The van der Waals surface area contributed by atoms with Crippen LogP contribution in [0.5, 0.6) is 5.75 Å². The standard InChI is InChI=1S/C15H17N7O/c1-21(2)15-19-13(18-14(16)20-15)10-23-12-6-3-5-11(9-12)22-8-4-7-17-22/h3-9H,10H2,1-2H3,(H2,16,18,19,20). The Kier molecular flexibility index (Phi) is 4.05. The van der Waals surface area contributed by atoms with Gasteiger partial charge in [-0.3, -0.25) is 0 Å². The van der Waals surface area contributed by atoms with E-state index in [1.54, 1.807) is 15.8 Å². The smallest absolute Gasteiger partial charge is 0.230 e. The van der Waals surface area contributed by atoms with Crippen molar-refractivity contribution < 1.29 is 4.74 Å². The normalized spacial score (nSPS) is 10.5. The minimum absolute atomic E-state index is 0.174. The summed E-state index contributed by atoms with van der Waals surface area (Å²) in [7, 11) is 3.68. The first-order valence-corrected chi connectivity index (χ1v) is 7.02. The molecule has 3 aromatic rings. The van der Waals surface area contributed by atoms with Crippen molar-refractivity contribution >= 4 is 11.9 Å². The van der Waals surface area contributed by atoms with E-state index in [2.05, 4.69) is 20.1 Å². The van der Waals surface area contributed by atoms with E-state index in [-0.39, 0.29) is 12.6 Å². The zero-order valence-corrected chi connectivity index (χ0v) is 12.9. The molecular formula is C15H17N7O. The molecule has 8 heteroatoms. The Morgan fingerprint density at radius 3 is 2.78 bits per heavy atom. The second kappa shape index (κ2) is 6.30. The van der Waals surface area contributed by atoms with Crippen LogP contribution >= 0.6 is 0 Å². The molecule has 2 N–H and O–H groups in total. The first-order valence-electron chi connectivity index (χ1n) is 7.02. The number of nitrogens with zero attached hydrogens (tertiary/aromatic N) is 6. The number of aromatic nitrogens is 5. The molecule has 0 aliphatic rings. The zero-order valence-electron chi connectivity index (χ0n) is 12.9. The van der Waals surface area contributed by atoms with Gasteiger partial charge >= 0.3 is 0 Å².